The zero-order chi connectivity index (χ0) is 12.4. The first-order valence-electron chi connectivity index (χ1n) is 6.30. The molecule has 17 heavy (non-hydrogen) atoms. The minimum Gasteiger partial charge on any atom is -0.481 e. The Kier molecular flexibility index (Phi) is 3.50. The van der Waals surface area contributed by atoms with Gasteiger partial charge in [0.2, 0.25) is 5.91 Å². The Morgan fingerprint density at radius 1 is 1.29 bits per heavy atom. The molecule has 0 radical (unpaired) electrons. The van der Waals surface area contributed by atoms with E-state index in [1.165, 1.54) is 5.57 Å². The minimum absolute atomic E-state index is 0.0241. The lowest BCUT2D eigenvalue weighted by Gasteiger charge is -2.13. The number of carbonyl (C=O) groups excluding carboxylic acids is 1. The van der Waals surface area contributed by atoms with Crippen molar-refractivity contribution in [2.75, 3.05) is 0 Å². The molecule has 4 heteroatoms. The first-order chi connectivity index (χ1) is 8.08. The van der Waals surface area contributed by atoms with E-state index in [0.29, 0.717) is 12.8 Å². The van der Waals surface area contributed by atoms with Crippen molar-refractivity contribution in [3.63, 3.8) is 0 Å². The molecule has 94 valence electrons. The highest BCUT2D eigenvalue weighted by Crippen LogP contribution is 2.28. The Balaban J connectivity index is 1.88. The molecule has 0 aromatic rings. The Morgan fingerprint density at radius 2 is 2.06 bits per heavy atom. The van der Waals surface area contributed by atoms with Crippen LogP contribution >= 0.6 is 0 Å². The molecule has 0 spiro atoms. The summed E-state index contributed by atoms with van der Waals surface area (Å²) in [7, 11) is 0. The van der Waals surface area contributed by atoms with Crippen molar-refractivity contribution < 1.29 is 14.7 Å². The van der Waals surface area contributed by atoms with Crippen molar-refractivity contribution in [2.45, 2.75) is 51.5 Å². The predicted molar refractivity (Wildman–Crippen MR) is 63.5 cm³/mol. The van der Waals surface area contributed by atoms with E-state index in [9.17, 15) is 9.59 Å². The summed E-state index contributed by atoms with van der Waals surface area (Å²) in [5.74, 6) is -0.993. The number of rotatable bonds is 3. The second-order valence-electron chi connectivity index (χ2n) is 5.13. The van der Waals surface area contributed by atoms with Crippen LogP contribution in [0.4, 0.5) is 0 Å². The molecule has 0 saturated heterocycles. The molecular weight excluding hydrogens is 218 g/mol. The number of aliphatic carboxylic acids is 1. The Morgan fingerprint density at radius 3 is 2.59 bits per heavy atom. The van der Waals surface area contributed by atoms with Crippen LogP contribution in [-0.4, -0.2) is 23.0 Å². The molecule has 4 nitrogen and oxygen atoms in total. The Labute approximate surface area is 101 Å². The summed E-state index contributed by atoms with van der Waals surface area (Å²) in [6, 6.07) is 0.0458. The number of hydrogen-bond acceptors (Lipinski definition) is 2. The Bertz CT molecular complexity index is 373. The monoisotopic (exact) mass is 237 g/mol. The van der Waals surface area contributed by atoms with Crippen LogP contribution in [-0.2, 0) is 9.59 Å². The number of nitrogens with one attached hydrogen (secondary N) is 1. The summed E-state index contributed by atoms with van der Waals surface area (Å²) in [4.78, 5) is 22.8. The van der Waals surface area contributed by atoms with Crippen LogP contribution < -0.4 is 5.32 Å². The first kappa shape index (κ1) is 12.1. The van der Waals surface area contributed by atoms with E-state index in [0.717, 1.165) is 31.3 Å². The van der Waals surface area contributed by atoms with Crippen LogP contribution in [0.15, 0.2) is 11.1 Å². The third-order valence-electron chi connectivity index (χ3n) is 3.88. The molecule has 2 atom stereocenters. The standard InChI is InChI=1S/C13H19NO3/c1-8-3-2-4-11(8)12(15)14-10-6-5-9(7-10)13(16)17/h9-10H,2-7H2,1H3,(H,14,15)(H,16,17)/t9-,10+/m0/s1. The molecular formula is C13H19NO3. The topological polar surface area (TPSA) is 66.4 Å². The van der Waals surface area contributed by atoms with Crippen molar-refractivity contribution in [2.24, 2.45) is 5.92 Å². The number of carboxylic acid groups (broad SMARTS) is 1. The van der Waals surface area contributed by atoms with Crippen LogP contribution in [0.3, 0.4) is 0 Å². The quantitative estimate of drug-likeness (QED) is 0.787. The predicted octanol–water partition coefficient (Wildman–Crippen LogP) is 1.86. The molecule has 2 N–H and O–H groups in total. The zero-order valence-corrected chi connectivity index (χ0v) is 10.2. The SMILES string of the molecule is CC1=C(C(=O)N[C@@H]2CC[C@H](C(=O)O)C2)CCC1. The number of allylic oxidation sites excluding steroid dienone is 1. The summed E-state index contributed by atoms with van der Waals surface area (Å²) in [5.41, 5.74) is 2.11. The van der Waals surface area contributed by atoms with E-state index < -0.39 is 5.97 Å². The van der Waals surface area contributed by atoms with Gasteiger partial charge in [0.05, 0.1) is 5.92 Å². The van der Waals surface area contributed by atoms with Crippen LogP contribution in [0, 0.1) is 5.92 Å². The van der Waals surface area contributed by atoms with Crippen LogP contribution in [0.2, 0.25) is 0 Å². The molecule has 1 fully saturated rings. The van der Waals surface area contributed by atoms with Gasteiger partial charge in [-0.1, -0.05) is 5.57 Å². The highest BCUT2D eigenvalue weighted by molar-refractivity contribution is 5.94. The second kappa shape index (κ2) is 4.90. The summed E-state index contributed by atoms with van der Waals surface area (Å²) in [5, 5.41) is 11.9. The number of carboxylic acids is 1. The molecule has 0 heterocycles. The maximum absolute atomic E-state index is 12.0. The maximum Gasteiger partial charge on any atom is 0.306 e. The number of amides is 1. The fourth-order valence-electron chi connectivity index (χ4n) is 2.81. The molecule has 0 aromatic heterocycles. The normalized spacial score (nSPS) is 28.5. The van der Waals surface area contributed by atoms with Gasteiger partial charge in [-0.3, -0.25) is 9.59 Å². The summed E-state index contributed by atoms with van der Waals surface area (Å²) < 4.78 is 0. The van der Waals surface area contributed by atoms with E-state index in [2.05, 4.69) is 5.32 Å². The summed E-state index contributed by atoms with van der Waals surface area (Å²) in [6.07, 6.45) is 5.00. The van der Waals surface area contributed by atoms with Crippen LogP contribution in [0.1, 0.15) is 45.4 Å². The van der Waals surface area contributed by atoms with Crippen molar-refractivity contribution in [3.8, 4) is 0 Å². The lowest BCUT2D eigenvalue weighted by molar-refractivity contribution is -0.141. The van der Waals surface area contributed by atoms with E-state index in [1.807, 2.05) is 6.92 Å². The fourth-order valence-corrected chi connectivity index (χ4v) is 2.81. The molecule has 1 amide bonds. The third-order valence-corrected chi connectivity index (χ3v) is 3.88. The van der Waals surface area contributed by atoms with Gasteiger partial charge in [-0.2, -0.15) is 0 Å². The van der Waals surface area contributed by atoms with Crippen LogP contribution in [0.5, 0.6) is 0 Å². The molecule has 2 rings (SSSR count). The second-order valence-corrected chi connectivity index (χ2v) is 5.13. The van der Waals surface area contributed by atoms with Gasteiger partial charge in [0.1, 0.15) is 0 Å². The van der Waals surface area contributed by atoms with Gasteiger partial charge in [-0.25, -0.2) is 0 Å². The average molecular weight is 237 g/mol. The van der Waals surface area contributed by atoms with Crippen LogP contribution in [0.25, 0.3) is 0 Å². The Hall–Kier alpha value is -1.32. The van der Waals surface area contributed by atoms with Crippen molar-refractivity contribution in [3.05, 3.63) is 11.1 Å². The zero-order valence-electron chi connectivity index (χ0n) is 10.2. The molecule has 0 aliphatic heterocycles. The first-order valence-corrected chi connectivity index (χ1v) is 6.30. The number of hydrogen-bond donors (Lipinski definition) is 2. The van der Waals surface area contributed by atoms with E-state index in [4.69, 9.17) is 5.11 Å². The molecule has 0 unspecified atom stereocenters. The molecule has 2 aliphatic carbocycles. The van der Waals surface area contributed by atoms with Gasteiger partial charge >= 0.3 is 5.97 Å². The maximum atomic E-state index is 12.0. The van der Waals surface area contributed by atoms with E-state index in [-0.39, 0.29) is 17.9 Å². The lowest BCUT2D eigenvalue weighted by Crippen LogP contribution is -2.34. The largest absolute Gasteiger partial charge is 0.481 e. The fraction of sp³-hybridized carbons (Fsp3) is 0.692. The molecule has 0 aromatic carbocycles. The summed E-state index contributed by atoms with van der Waals surface area (Å²) in [6.45, 7) is 2.01. The van der Waals surface area contributed by atoms with Gasteiger partial charge in [-0.05, 0) is 45.4 Å². The van der Waals surface area contributed by atoms with Crippen molar-refractivity contribution in [1.29, 1.82) is 0 Å². The van der Waals surface area contributed by atoms with Gasteiger partial charge in [0.25, 0.3) is 0 Å². The molecule has 1 saturated carbocycles. The number of carbonyl (C=O) groups is 2. The minimum atomic E-state index is -0.738. The summed E-state index contributed by atoms with van der Waals surface area (Å²) >= 11 is 0. The van der Waals surface area contributed by atoms with E-state index >= 15 is 0 Å². The van der Waals surface area contributed by atoms with E-state index in [1.54, 1.807) is 0 Å². The van der Waals surface area contributed by atoms with Gasteiger partial charge in [0.15, 0.2) is 0 Å². The smallest absolute Gasteiger partial charge is 0.306 e. The molecule has 0 bridgehead atoms. The van der Waals surface area contributed by atoms with Gasteiger partial charge in [0, 0.05) is 11.6 Å². The lowest BCUT2D eigenvalue weighted by atomic mass is 10.1. The highest BCUT2D eigenvalue weighted by atomic mass is 16.4. The van der Waals surface area contributed by atoms with Gasteiger partial charge in [-0.15, -0.1) is 0 Å². The van der Waals surface area contributed by atoms with Crippen molar-refractivity contribution >= 4 is 11.9 Å². The van der Waals surface area contributed by atoms with Gasteiger partial charge < -0.3 is 10.4 Å². The average Bonchev–Trinajstić information content (AvgIpc) is 2.86. The van der Waals surface area contributed by atoms with Crippen molar-refractivity contribution in [1.82, 2.24) is 5.32 Å². The highest BCUT2D eigenvalue weighted by Gasteiger charge is 2.31. The third kappa shape index (κ3) is 2.68. The molecule has 2 aliphatic rings.